The molecule has 4 N–H and O–H groups in total. The van der Waals surface area contributed by atoms with Crippen LogP contribution in [0.3, 0.4) is 0 Å². The molecule has 0 aromatic heterocycles. The Hall–Kier alpha value is -3.08. The number of hydrogen-bond acceptors (Lipinski definition) is 7. The predicted octanol–water partition coefficient (Wildman–Crippen LogP) is 0.208. The predicted molar refractivity (Wildman–Crippen MR) is 137 cm³/mol. The van der Waals surface area contributed by atoms with Gasteiger partial charge in [-0.05, 0) is 37.5 Å². The number of nitrogens with zero attached hydrogens (tertiary/aromatic N) is 1. The lowest BCUT2D eigenvalue weighted by Gasteiger charge is -2.32. The van der Waals surface area contributed by atoms with E-state index >= 15 is 0 Å². The monoisotopic (exact) mass is 532 g/mol. The highest BCUT2D eigenvalue weighted by atomic mass is 16.3. The van der Waals surface area contributed by atoms with Crippen LogP contribution in [0, 0.1) is 23.7 Å². The fraction of sp³-hybridized carbons (Fsp3) is 0.704. The summed E-state index contributed by atoms with van der Waals surface area (Å²) in [5.41, 5.74) is -0.162. The van der Waals surface area contributed by atoms with Gasteiger partial charge in [0.15, 0.2) is 0 Å². The Morgan fingerprint density at radius 2 is 1.71 bits per heavy atom. The lowest BCUT2D eigenvalue weighted by Crippen LogP contribution is -2.58. The highest BCUT2D eigenvalue weighted by Crippen LogP contribution is 2.41. The van der Waals surface area contributed by atoms with Crippen LogP contribution in [-0.4, -0.2) is 76.0 Å². The van der Waals surface area contributed by atoms with Crippen molar-refractivity contribution in [3.8, 4) is 0 Å². The number of rotatable bonds is 11. The van der Waals surface area contributed by atoms with Crippen molar-refractivity contribution >= 4 is 35.2 Å². The molecule has 210 valence electrons. The standard InChI is InChI=1S/C27H40N4O7/c1-6-7-18(23(34)26(37)28-15-8-9-15)29-24(35)21-16-10-11-19(32)17(16)12-31(21)27(38)20(13(2)3)30-25(36)22(33)14(4)5/h7,13-17,20-22,33H,6,8-12H2,1-5H3,(H,28,37)(H,29,35)(H,30,36)/b18-7+/t16-,17-,20-,21-,22-/m0/s1. The van der Waals surface area contributed by atoms with Crippen LogP contribution in [0.5, 0.6) is 0 Å². The number of allylic oxidation sites excluding steroid dienone is 1. The fourth-order valence-electron chi connectivity index (χ4n) is 5.11. The third-order valence-electron chi connectivity index (χ3n) is 7.50. The number of amides is 4. The second-order valence-corrected chi connectivity index (χ2v) is 11.2. The Morgan fingerprint density at radius 3 is 2.26 bits per heavy atom. The largest absolute Gasteiger partial charge is 0.383 e. The van der Waals surface area contributed by atoms with Crippen molar-refractivity contribution in [2.24, 2.45) is 23.7 Å². The third-order valence-corrected chi connectivity index (χ3v) is 7.50. The van der Waals surface area contributed by atoms with E-state index in [0.29, 0.717) is 19.3 Å². The van der Waals surface area contributed by atoms with E-state index in [1.165, 1.54) is 11.0 Å². The minimum absolute atomic E-state index is 0.0230. The molecule has 38 heavy (non-hydrogen) atoms. The van der Waals surface area contributed by atoms with E-state index in [2.05, 4.69) is 16.0 Å². The molecule has 5 atom stereocenters. The lowest BCUT2D eigenvalue weighted by molar-refractivity contribution is -0.145. The maximum Gasteiger partial charge on any atom is 0.294 e. The second-order valence-electron chi connectivity index (χ2n) is 11.2. The molecule has 0 bridgehead atoms. The molecule has 0 aromatic rings. The summed E-state index contributed by atoms with van der Waals surface area (Å²) in [5.74, 6) is -5.26. The smallest absolute Gasteiger partial charge is 0.294 e. The first kappa shape index (κ1) is 29.5. The molecule has 1 saturated heterocycles. The van der Waals surface area contributed by atoms with Crippen molar-refractivity contribution in [2.45, 2.75) is 91.0 Å². The van der Waals surface area contributed by atoms with E-state index in [1.807, 2.05) is 0 Å². The van der Waals surface area contributed by atoms with Crippen molar-refractivity contribution < 1.29 is 33.9 Å². The molecule has 2 saturated carbocycles. The number of carbonyl (C=O) groups excluding carboxylic acids is 6. The van der Waals surface area contributed by atoms with Crippen molar-refractivity contribution in [3.63, 3.8) is 0 Å². The van der Waals surface area contributed by atoms with Gasteiger partial charge < -0.3 is 26.0 Å². The maximum atomic E-state index is 13.7. The summed E-state index contributed by atoms with van der Waals surface area (Å²) in [6, 6.07) is -2.11. The van der Waals surface area contributed by atoms with Crippen LogP contribution in [-0.2, 0) is 28.8 Å². The molecular weight excluding hydrogens is 492 g/mol. The normalized spacial score (nSPS) is 24.7. The summed E-state index contributed by atoms with van der Waals surface area (Å²) < 4.78 is 0. The highest BCUT2D eigenvalue weighted by molar-refractivity contribution is 6.43. The van der Waals surface area contributed by atoms with Crippen LogP contribution in [0.4, 0.5) is 0 Å². The van der Waals surface area contributed by atoms with Crippen molar-refractivity contribution in [1.82, 2.24) is 20.9 Å². The summed E-state index contributed by atoms with van der Waals surface area (Å²) >= 11 is 0. The molecule has 0 radical (unpaired) electrons. The Morgan fingerprint density at radius 1 is 1.05 bits per heavy atom. The van der Waals surface area contributed by atoms with E-state index < -0.39 is 59.4 Å². The molecule has 4 amide bonds. The van der Waals surface area contributed by atoms with E-state index in [9.17, 15) is 33.9 Å². The zero-order chi connectivity index (χ0) is 28.3. The zero-order valence-corrected chi connectivity index (χ0v) is 22.8. The summed E-state index contributed by atoms with van der Waals surface area (Å²) in [5, 5.41) is 18.0. The van der Waals surface area contributed by atoms with Gasteiger partial charge in [-0.1, -0.05) is 40.7 Å². The number of likely N-dealkylation sites (tertiary alicyclic amines) is 1. The minimum Gasteiger partial charge on any atom is -0.383 e. The fourth-order valence-corrected chi connectivity index (χ4v) is 5.11. The first-order valence-electron chi connectivity index (χ1n) is 13.5. The van der Waals surface area contributed by atoms with Crippen LogP contribution in [0.1, 0.15) is 66.7 Å². The number of aliphatic hydroxyl groups is 1. The molecule has 11 heteroatoms. The summed E-state index contributed by atoms with van der Waals surface area (Å²) in [7, 11) is 0. The summed E-state index contributed by atoms with van der Waals surface area (Å²) in [4.78, 5) is 78.9. The maximum absolute atomic E-state index is 13.7. The van der Waals surface area contributed by atoms with Crippen molar-refractivity contribution in [3.05, 3.63) is 11.8 Å². The number of Topliss-reactive ketones (excluding diaryl/α,β-unsaturated/α-hetero) is 2. The number of nitrogens with one attached hydrogen (secondary N) is 3. The van der Waals surface area contributed by atoms with Gasteiger partial charge in [0.25, 0.3) is 11.7 Å². The Labute approximate surface area is 223 Å². The third kappa shape index (κ3) is 6.48. The molecule has 1 heterocycles. The van der Waals surface area contributed by atoms with E-state index in [4.69, 9.17) is 0 Å². The molecule has 1 aliphatic heterocycles. The Balaban J connectivity index is 1.84. The molecule has 0 spiro atoms. The molecular formula is C27H40N4O7. The minimum atomic E-state index is -1.31. The summed E-state index contributed by atoms with van der Waals surface area (Å²) in [6.45, 7) is 8.61. The van der Waals surface area contributed by atoms with Gasteiger partial charge in [0.2, 0.25) is 17.7 Å². The zero-order valence-electron chi connectivity index (χ0n) is 22.8. The van der Waals surface area contributed by atoms with E-state index in [0.717, 1.165) is 12.8 Å². The van der Waals surface area contributed by atoms with Crippen molar-refractivity contribution in [1.29, 1.82) is 0 Å². The molecule has 3 fully saturated rings. The molecule has 11 nitrogen and oxygen atoms in total. The van der Waals surface area contributed by atoms with Gasteiger partial charge in [-0.3, -0.25) is 28.8 Å². The number of hydrogen-bond donors (Lipinski definition) is 4. The second kappa shape index (κ2) is 12.2. The molecule has 0 unspecified atom stereocenters. The Kier molecular flexibility index (Phi) is 9.45. The number of ketones is 2. The van der Waals surface area contributed by atoms with Gasteiger partial charge in [0, 0.05) is 30.8 Å². The van der Waals surface area contributed by atoms with Crippen LogP contribution < -0.4 is 16.0 Å². The molecule has 2 aliphatic carbocycles. The SMILES string of the molecule is CC/C=C(/NC(=O)[C@@H]1[C@H]2CCC(=O)[C@H]2CN1C(=O)[C@@H](NC(=O)[C@@H](O)C(C)C)C(C)C)C(=O)C(=O)NC1CC1. The van der Waals surface area contributed by atoms with Gasteiger partial charge in [-0.2, -0.15) is 0 Å². The van der Waals surface area contributed by atoms with Crippen LogP contribution in [0.15, 0.2) is 11.8 Å². The first-order valence-corrected chi connectivity index (χ1v) is 13.5. The lowest BCUT2D eigenvalue weighted by atomic mass is 9.92. The highest BCUT2D eigenvalue weighted by Gasteiger charge is 2.54. The van der Waals surface area contributed by atoms with Gasteiger partial charge in [-0.25, -0.2) is 0 Å². The molecule has 0 aromatic carbocycles. The van der Waals surface area contributed by atoms with Gasteiger partial charge in [0.1, 0.15) is 24.0 Å². The van der Waals surface area contributed by atoms with Gasteiger partial charge >= 0.3 is 0 Å². The van der Waals surface area contributed by atoms with Crippen LogP contribution >= 0.6 is 0 Å². The molecule has 3 rings (SSSR count). The van der Waals surface area contributed by atoms with Crippen LogP contribution in [0.25, 0.3) is 0 Å². The molecule has 3 aliphatic rings. The topological polar surface area (TPSA) is 162 Å². The average molecular weight is 533 g/mol. The summed E-state index contributed by atoms with van der Waals surface area (Å²) in [6.07, 6.45) is 2.85. The van der Waals surface area contributed by atoms with E-state index in [1.54, 1.807) is 34.6 Å². The Bertz CT molecular complexity index is 1020. The number of aliphatic hydroxyl groups excluding tert-OH is 1. The van der Waals surface area contributed by atoms with Gasteiger partial charge in [-0.15, -0.1) is 0 Å². The average Bonchev–Trinajstić information content (AvgIpc) is 3.48. The number of carbonyl (C=O) groups is 6. The van der Waals surface area contributed by atoms with Crippen molar-refractivity contribution in [2.75, 3.05) is 6.54 Å². The van der Waals surface area contributed by atoms with Gasteiger partial charge in [0.05, 0.1) is 5.70 Å². The quantitative estimate of drug-likeness (QED) is 0.218. The van der Waals surface area contributed by atoms with E-state index in [-0.39, 0.29) is 35.9 Å². The van der Waals surface area contributed by atoms with Crippen LogP contribution in [0.2, 0.25) is 0 Å². The number of fused-ring (bicyclic) bond motifs is 1. The first-order chi connectivity index (χ1) is 17.9.